The van der Waals surface area contributed by atoms with Crippen molar-refractivity contribution < 1.29 is 4.79 Å². The molecule has 0 fully saturated rings. The fourth-order valence-electron chi connectivity index (χ4n) is 1.28. The van der Waals surface area contributed by atoms with Crippen LogP contribution in [0, 0.1) is 0 Å². The molecule has 0 saturated carbocycles. The zero-order valence-electron chi connectivity index (χ0n) is 8.68. The second kappa shape index (κ2) is 8.36. The van der Waals surface area contributed by atoms with Crippen LogP contribution in [0.3, 0.4) is 0 Å². The lowest BCUT2D eigenvalue weighted by Crippen LogP contribution is -2.26. The number of halogens is 1. The van der Waals surface area contributed by atoms with Crippen LogP contribution >= 0.6 is 11.6 Å². The van der Waals surface area contributed by atoms with E-state index in [1.165, 1.54) is 25.7 Å². The van der Waals surface area contributed by atoms with Crippen LogP contribution in [0.4, 0.5) is 4.79 Å². The monoisotopic (exact) mass is 205 g/mol. The fraction of sp³-hybridized carbons (Fsp3) is 0.900. The quantitative estimate of drug-likeness (QED) is 0.353. The summed E-state index contributed by atoms with van der Waals surface area (Å²) >= 11 is 5.37. The summed E-state index contributed by atoms with van der Waals surface area (Å²) < 4.78 is 0. The molecule has 0 aromatic heterocycles. The average molecular weight is 206 g/mol. The van der Waals surface area contributed by atoms with E-state index in [1.54, 1.807) is 4.90 Å². The summed E-state index contributed by atoms with van der Waals surface area (Å²) in [4.78, 5) is 12.5. The second-order valence-corrected chi connectivity index (χ2v) is 3.57. The zero-order chi connectivity index (χ0) is 10.1. The van der Waals surface area contributed by atoms with Gasteiger partial charge in [-0.2, -0.15) is 0 Å². The summed E-state index contributed by atoms with van der Waals surface area (Å²) in [6.45, 7) is 5.67. The van der Waals surface area contributed by atoms with Gasteiger partial charge in [-0.15, -0.1) is 0 Å². The number of hydrogen-bond acceptors (Lipinski definition) is 1. The van der Waals surface area contributed by atoms with E-state index in [4.69, 9.17) is 11.6 Å². The first-order valence-electron chi connectivity index (χ1n) is 5.16. The van der Waals surface area contributed by atoms with Gasteiger partial charge in [0, 0.05) is 13.1 Å². The first kappa shape index (κ1) is 12.8. The van der Waals surface area contributed by atoms with Gasteiger partial charge >= 0.3 is 5.37 Å². The lowest BCUT2D eigenvalue weighted by molar-refractivity contribution is 0.223. The van der Waals surface area contributed by atoms with Crippen LogP contribution in [0.15, 0.2) is 0 Å². The largest absolute Gasteiger partial charge is 0.330 e. The smallest absolute Gasteiger partial charge is 0.316 e. The van der Waals surface area contributed by atoms with Crippen LogP contribution in [-0.2, 0) is 0 Å². The van der Waals surface area contributed by atoms with E-state index in [1.807, 2.05) is 6.92 Å². The Morgan fingerprint density at radius 3 is 2.23 bits per heavy atom. The molecule has 0 aromatic carbocycles. The minimum atomic E-state index is -0.321. The Hall–Kier alpha value is -0.240. The van der Waals surface area contributed by atoms with E-state index in [9.17, 15) is 4.79 Å². The third-order valence-electron chi connectivity index (χ3n) is 2.16. The van der Waals surface area contributed by atoms with E-state index in [0.717, 1.165) is 19.5 Å². The number of unbranched alkanes of at least 4 members (excludes halogenated alkanes) is 4. The van der Waals surface area contributed by atoms with Crippen LogP contribution in [0.1, 0.15) is 46.0 Å². The molecule has 0 aliphatic heterocycles. The maximum Gasteiger partial charge on any atom is 0.316 e. The van der Waals surface area contributed by atoms with E-state index in [2.05, 4.69) is 6.92 Å². The maximum atomic E-state index is 10.8. The molecule has 0 atom stereocenters. The lowest BCUT2D eigenvalue weighted by Gasteiger charge is -2.16. The molecule has 0 unspecified atom stereocenters. The highest BCUT2D eigenvalue weighted by Crippen LogP contribution is 2.05. The Morgan fingerprint density at radius 2 is 1.77 bits per heavy atom. The molecule has 0 aliphatic rings. The van der Waals surface area contributed by atoms with Crippen LogP contribution in [-0.4, -0.2) is 23.4 Å². The molecular formula is C10H20ClNO. The third kappa shape index (κ3) is 6.88. The highest BCUT2D eigenvalue weighted by molar-refractivity contribution is 6.62. The van der Waals surface area contributed by atoms with E-state index < -0.39 is 0 Å². The Labute approximate surface area is 86.2 Å². The van der Waals surface area contributed by atoms with Crippen molar-refractivity contribution in [1.82, 2.24) is 4.90 Å². The molecule has 13 heavy (non-hydrogen) atoms. The topological polar surface area (TPSA) is 20.3 Å². The van der Waals surface area contributed by atoms with Crippen molar-refractivity contribution in [1.29, 1.82) is 0 Å². The molecule has 0 N–H and O–H groups in total. The average Bonchev–Trinajstić information content (AvgIpc) is 2.10. The zero-order valence-corrected chi connectivity index (χ0v) is 9.44. The first-order valence-corrected chi connectivity index (χ1v) is 5.54. The molecule has 0 aromatic rings. The van der Waals surface area contributed by atoms with Gasteiger partial charge in [0.1, 0.15) is 0 Å². The molecule has 0 radical (unpaired) electrons. The third-order valence-corrected chi connectivity index (χ3v) is 2.40. The molecule has 0 heterocycles. The van der Waals surface area contributed by atoms with Gasteiger partial charge in [-0.25, -0.2) is 0 Å². The van der Waals surface area contributed by atoms with Crippen LogP contribution in [0.5, 0.6) is 0 Å². The van der Waals surface area contributed by atoms with Crippen molar-refractivity contribution in [2.24, 2.45) is 0 Å². The number of carbonyl (C=O) groups is 1. The molecule has 0 aliphatic carbocycles. The van der Waals surface area contributed by atoms with Gasteiger partial charge in [0.2, 0.25) is 0 Å². The van der Waals surface area contributed by atoms with Gasteiger partial charge < -0.3 is 4.90 Å². The standard InChI is InChI=1S/C10H20ClNO/c1-3-5-6-7-8-9-12(4-2)10(11)13/h3-9H2,1-2H3. The fourth-order valence-corrected chi connectivity index (χ4v) is 1.48. The van der Waals surface area contributed by atoms with E-state index in [-0.39, 0.29) is 5.37 Å². The normalized spacial score (nSPS) is 10.1. The van der Waals surface area contributed by atoms with Gasteiger partial charge in [-0.1, -0.05) is 32.6 Å². The van der Waals surface area contributed by atoms with Gasteiger partial charge in [0.25, 0.3) is 0 Å². The van der Waals surface area contributed by atoms with Crippen molar-refractivity contribution in [3.63, 3.8) is 0 Å². The van der Waals surface area contributed by atoms with Crippen LogP contribution < -0.4 is 0 Å². The summed E-state index contributed by atoms with van der Waals surface area (Å²) in [6.07, 6.45) is 6.10. The van der Waals surface area contributed by atoms with Crippen molar-refractivity contribution in [3.05, 3.63) is 0 Å². The lowest BCUT2D eigenvalue weighted by atomic mass is 10.1. The number of carbonyl (C=O) groups excluding carboxylic acids is 1. The SMILES string of the molecule is CCCCCCCN(CC)C(=O)Cl. The molecule has 78 valence electrons. The van der Waals surface area contributed by atoms with Crippen molar-refractivity contribution >= 4 is 17.0 Å². The van der Waals surface area contributed by atoms with Gasteiger partial charge in [0.05, 0.1) is 0 Å². The van der Waals surface area contributed by atoms with E-state index >= 15 is 0 Å². The van der Waals surface area contributed by atoms with Gasteiger partial charge in [0.15, 0.2) is 0 Å². The summed E-state index contributed by atoms with van der Waals surface area (Å²) in [6, 6.07) is 0. The van der Waals surface area contributed by atoms with Crippen molar-refractivity contribution in [3.8, 4) is 0 Å². The predicted octanol–water partition coefficient (Wildman–Crippen LogP) is 3.64. The van der Waals surface area contributed by atoms with Crippen molar-refractivity contribution in [2.75, 3.05) is 13.1 Å². The minimum absolute atomic E-state index is 0.321. The molecule has 1 amide bonds. The van der Waals surface area contributed by atoms with Crippen molar-refractivity contribution in [2.45, 2.75) is 46.0 Å². The Bertz CT molecular complexity index is 139. The summed E-state index contributed by atoms with van der Waals surface area (Å²) in [5.41, 5.74) is 0. The number of nitrogens with zero attached hydrogens (tertiary/aromatic N) is 1. The number of hydrogen-bond donors (Lipinski definition) is 0. The predicted molar refractivity (Wildman–Crippen MR) is 57.3 cm³/mol. The Morgan fingerprint density at radius 1 is 1.15 bits per heavy atom. The maximum absolute atomic E-state index is 10.8. The van der Waals surface area contributed by atoms with Crippen LogP contribution in [0.25, 0.3) is 0 Å². The summed E-state index contributed by atoms with van der Waals surface area (Å²) in [5.74, 6) is 0. The second-order valence-electron chi connectivity index (χ2n) is 3.25. The minimum Gasteiger partial charge on any atom is -0.330 e. The van der Waals surface area contributed by atoms with E-state index in [0.29, 0.717) is 0 Å². The first-order chi connectivity index (χ1) is 6.22. The number of rotatable bonds is 7. The molecule has 0 rings (SSSR count). The Kier molecular flexibility index (Phi) is 8.21. The molecule has 2 nitrogen and oxygen atoms in total. The molecule has 0 saturated heterocycles. The highest BCUT2D eigenvalue weighted by Gasteiger charge is 2.06. The Balaban J connectivity index is 3.33. The van der Waals surface area contributed by atoms with Gasteiger partial charge in [-0.3, -0.25) is 4.79 Å². The number of amides is 1. The summed E-state index contributed by atoms with van der Waals surface area (Å²) in [5, 5.41) is -0.321. The summed E-state index contributed by atoms with van der Waals surface area (Å²) in [7, 11) is 0. The molecule has 3 heteroatoms. The van der Waals surface area contributed by atoms with Crippen LogP contribution in [0.2, 0.25) is 0 Å². The molecular weight excluding hydrogens is 186 g/mol. The van der Waals surface area contributed by atoms with Gasteiger partial charge in [-0.05, 0) is 24.9 Å². The molecule has 0 bridgehead atoms. The molecule has 0 spiro atoms. The highest BCUT2D eigenvalue weighted by atomic mass is 35.5.